The minimum absolute atomic E-state index is 0.670. The number of hydrogen-bond acceptors (Lipinski definition) is 2. The van der Waals surface area contributed by atoms with Crippen molar-refractivity contribution < 1.29 is 0 Å². The van der Waals surface area contributed by atoms with Gasteiger partial charge in [-0.1, -0.05) is 127 Å². The molecule has 240 valence electrons. The summed E-state index contributed by atoms with van der Waals surface area (Å²) < 4.78 is 4.70. The molecule has 0 unspecified atom stereocenters. The predicted octanol–water partition coefficient (Wildman–Crippen LogP) is 12.4. The van der Waals surface area contributed by atoms with Crippen LogP contribution in [0.1, 0.15) is 0 Å². The Bertz CT molecular complexity index is 3390. The van der Waals surface area contributed by atoms with Crippen LogP contribution in [0.25, 0.3) is 110 Å². The van der Waals surface area contributed by atoms with Crippen molar-refractivity contribution in [3.8, 4) is 28.3 Å². The van der Waals surface area contributed by atoms with Gasteiger partial charge in [0.25, 0.3) is 0 Å². The number of rotatable bonds is 3. The number of nitrogens with zero attached hydrogens (tertiary/aromatic N) is 4. The Morgan fingerprint density at radius 2 is 0.981 bits per heavy atom. The van der Waals surface area contributed by atoms with Crippen LogP contribution < -0.4 is 0 Å². The first-order valence-corrected chi connectivity index (χ1v) is 17.8. The summed E-state index contributed by atoms with van der Waals surface area (Å²) in [6, 6.07) is 61.2. The summed E-state index contributed by atoms with van der Waals surface area (Å²) in [5.74, 6) is 0.670. The fourth-order valence-corrected chi connectivity index (χ4v) is 8.78. The Hall–Kier alpha value is -7.04. The first kappa shape index (κ1) is 27.7. The van der Waals surface area contributed by atoms with E-state index >= 15 is 0 Å². The van der Waals surface area contributed by atoms with E-state index in [2.05, 4.69) is 167 Å². The quantitative estimate of drug-likeness (QED) is 0.140. The maximum absolute atomic E-state index is 5.26. The Balaban J connectivity index is 1.09. The summed E-state index contributed by atoms with van der Waals surface area (Å²) in [7, 11) is 0. The summed E-state index contributed by atoms with van der Waals surface area (Å²) in [4.78, 5) is 10.4. The van der Waals surface area contributed by atoms with Crippen LogP contribution in [-0.2, 0) is 0 Å². The van der Waals surface area contributed by atoms with E-state index in [4.69, 9.17) is 9.97 Å². The van der Waals surface area contributed by atoms with Gasteiger partial charge in [-0.3, -0.25) is 4.57 Å². The van der Waals surface area contributed by atoms with Crippen molar-refractivity contribution in [1.29, 1.82) is 0 Å². The van der Waals surface area contributed by atoms with Gasteiger partial charge in [-0.2, -0.15) is 0 Å². The van der Waals surface area contributed by atoms with Crippen molar-refractivity contribution in [2.45, 2.75) is 0 Å². The van der Waals surface area contributed by atoms with E-state index in [1.165, 1.54) is 70.8 Å². The third-order valence-corrected chi connectivity index (χ3v) is 11.0. The largest absolute Gasteiger partial charge is 0.308 e. The summed E-state index contributed by atoms with van der Waals surface area (Å²) in [6.45, 7) is 0. The van der Waals surface area contributed by atoms with Crippen molar-refractivity contribution >= 4 is 81.6 Å². The van der Waals surface area contributed by atoms with Gasteiger partial charge in [-0.25, -0.2) is 9.97 Å². The highest BCUT2D eigenvalue weighted by Crippen LogP contribution is 2.43. The zero-order valence-electron chi connectivity index (χ0n) is 28.0. The molecule has 0 saturated heterocycles. The molecule has 0 aliphatic carbocycles. The second-order valence-corrected chi connectivity index (χ2v) is 13.8. The van der Waals surface area contributed by atoms with Crippen molar-refractivity contribution in [3.63, 3.8) is 0 Å². The van der Waals surface area contributed by atoms with Gasteiger partial charge in [-0.15, -0.1) is 0 Å². The maximum atomic E-state index is 5.26. The smallest absolute Gasteiger partial charge is 0.235 e. The molecule has 0 N–H and O–H groups in total. The highest BCUT2D eigenvalue weighted by Gasteiger charge is 2.20. The van der Waals surface area contributed by atoms with Crippen LogP contribution in [0.5, 0.6) is 0 Å². The van der Waals surface area contributed by atoms with Crippen molar-refractivity contribution in [2.75, 3.05) is 0 Å². The summed E-state index contributed by atoms with van der Waals surface area (Å²) in [6.07, 6.45) is 0. The zero-order valence-corrected chi connectivity index (χ0v) is 28.0. The normalized spacial score (nSPS) is 12.2. The standard InChI is InChI=1S/C48H28N4/c1-2-11-30(12-3-1)46-37-16-4-7-18-40(37)49-48(50-46)52-42-20-9-6-15-34(42)38-27-31(23-26-44(38)52)32-22-25-43-39(28-32)36-24-21-29-13-10-17-35-33-14-5-8-19-41(33)51(43)47(36)45(29)35/h1-28H. The van der Waals surface area contributed by atoms with Crippen LogP contribution in [0.4, 0.5) is 0 Å². The van der Waals surface area contributed by atoms with Crippen LogP contribution in [0, 0.1) is 0 Å². The van der Waals surface area contributed by atoms with E-state index in [-0.39, 0.29) is 0 Å². The lowest BCUT2D eigenvalue weighted by atomic mass is 9.98. The highest BCUT2D eigenvalue weighted by atomic mass is 15.2. The molecule has 0 radical (unpaired) electrons. The lowest BCUT2D eigenvalue weighted by Crippen LogP contribution is -2.03. The summed E-state index contributed by atoms with van der Waals surface area (Å²) >= 11 is 0. The highest BCUT2D eigenvalue weighted by molar-refractivity contribution is 6.28. The zero-order chi connectivity index (χ0) is 33.9. The monoisotopic (exact) mass is 660 g/mol. The van der Waals surface area contributed by atoms with Gasteiger partial charge < -0.3 is 4.40 Å². The molecule has 12 rings (SSSR count). The molecule has 8 aromatic carbocycles. The van der Waals surface area contributed by atoms with Gasteiger partial charge in [0.05, 0.1) is 38.8 Å². The number of para-hydroxylation sites is 3. The van der Waals surface area contributed by atoms with E-state index in [9.17, 15) is 0 Å². The molecular weight excluding hydrogens is 633 g/mol. The first-order valence-electron chi connectivity index (χ1n) is 17.8. The molecule has 4 heteroatoms. The van der Waals surface area contributed by atoms with Gasteiger partial charge in [0.2, 0.25) is 5.95 Å². The van der Waals surface area contributed by atoms with Crippen LogP contribution in [0.15, 0.2) is 170 Å². The van der Waals surface area contributed by atoms with E-state index < -0.39 is 0 Å². The Labute approximate surface area is 297 Å². The Morgan fingerprint density at radius 3 is 1.81 bits per heavy atom. The molecule has 0 fully saturated rings. The van der Waals surface area contributed by atoms with Gasteiger partial charge in [0.1, 0.15) is 0 Å². The number of hydrogen-bond donors (Lipinski definition) is 0. The van der Waals surface area contributed by atoms with Gasteiger partial charge in [0.15, 0.2) is 0 Å². The van der Waals surface area contributed by atoms with Crippen molar-refractivity contribution in [3.05, 3.63) is 170 Å². The van der Waals surface area contributed by atoms with Gasteiger partial charge in [0, 0.05) is 43.3 Å². The van der Waals surface area contributed by atoms with Gasteiger partial charge in [-0.05, 0) is 64.4 Å². The molecule has 0 aliphatic heterocycles. The van der Waals surface area contributed by atoms with E-state index in [0.29, 0.717) is 5.95 Å². The SMILES string of the molecule is c1ccc(-c2nc(-n3c4ccccc4c4cc(-c5ccc6c(c5)c5ccc7cccc8c9ccccc9n6c5c78)ccc43)nc3ccccc23)cc1. The molecule has 4 aromatic heterocycles. The van der Waals surface area contributed by atoms with Crippen LogP contribution in [0.3, 0.4) is 0 Å². The third kappa shape index (κ3) is 3.70. The maximum Gasteiger partial charge on any atom is 0.235 e. The van der Waals surface area contributed by atoms with E-state index in [0.717, 1.165) is 33.2 Å². The third-order valence-electron chi connectivity index (χ3n) is 11.0. The summed E-state index contributed by atoms with van der Waals surface area (Å²) in [5.41, 5.74) is 11.2. The molecule has 4 heterocycles. The number of pyridine rings is 1. The second-order valence-electron chi connectivity index (χ2n) is 13.8. The van der Waals surface area contributed by atoms with Crippen molar-refractivity contribution in [2.24, 2.45) is 0 Å². The molecule has 12 aromatic rings. The fourth-order valence-electron chi connectivity index (χ4n) is 8.78. The molecule has 0 aliphatic rings. The van der Waals surface area contributed by atoms with Crippen LogP contribution >= 0.6 is 0 Å². The summed E-state index contributed by atoms with van der Waals surface area (Å²) in [5, 5.41) is 11.1. The molecule has 0 bridgehead atoms. The minimum atomic E-state index is 0.670. The number of aromatic nitrogens is 4. The van der Waals surface area contributed by atoms with Crippen LogP contribution in [0.2, 0.25) is 0 Å². The molecular formula is C48H28N4. The molecule has 0 atom stereocenters. The Kier molecular flexibility index (Phi) is 5.47. The van der Waals surface area contributed by atoms with E-state index in [1.54, 1.807) is 0 Å². The van der Waals surface area contributed by atoms with Crippen LogP contribution in [-0.4, -0.2) is 18.9 Å². The topological polar surface area (TPSA) is 35.1 Å². The van der Waals surface area contributed by atoms with E-state index in [1.807, 2.05) is 12.1 Å². The molecule has 52 heavy (non-hydrogen) atoms. The minimum Gasteiger partial charge on any atom is -0.308 e. The number of benzene rings is 8. The lowest BCUT2D eigenvalue weighted by Gasteiger charge is -2.12. The first-order chi connectivity index (χ1) is 25.8. The predicted molar refractivity (Wildman–Crippen MR) is 217 cm³/mol. The number of fused-ring (bicyclic) bond motifs is 10. The average molecular weight is 661 g/mol. The lowest BCUT2D eigenvalue weighted by molar-refractivity contribution is 1.01. The average Bonchev–Trinajstić information content (AvgIpc) is 3.73. The second kappa shape index (κ2) is 10.3. The molecule has 0 spiro atoms. The van der Waals surface area contributed by atoms with Gasteiger partial charge >= 0.3 is 0 Å². The molecule has 0 saturated carbocycles. The molecule has 4 nitrogen and oxygen atoms in total. The van der Waals surface area contributed by atoms with Crippen molar-refractivity contribution in [1.82, 2.24) is 18.9 Å². The molecule has 0 amide bonds. The Morgan fingerprint density at radius 1 is 0.365 bits per heavy atom. The fraction of sp³-hybridized carbons (Fsp3) is 0.